The molecular weight excluding hydrogens is 222 g/mol. The van der Waals surface area contributed by atoms with Crippen LogP contribution in [0.15, 0.2) is 30.4 Å². The van der Waals surface area contributed by atoms with Gasteiger partial charge in [0.15, 0.2) is 0 Å². The maximum atomic E-state index is 5.92. The van der Waals surface area contributed by atoms with E-state index in [1.54, 1.807) is 0 Å². The van der Waals surface area contributed by atoms with Crippen LogP contribution in [0.2, 0.25) is 0 Å². The normalized spacial score (nSPS) is 23.5. The highest BCUT2D eigenvalue weighted by molar-refractivity contribution is 5.43. The third kappa shape index (κ3) is 2.30. The molecule has 1 heterocycles. The largest absolute Gasteiger partial charge is 0.493 e. The molecule has 18 heavy (non-hydrogen) atoms. The van der Waals surface area contributed by atoms with Crippen LogP contribution in [-0.4, -0.2) is 12.6 Å². The molecule has 96 valence electrons. The number of aryl methyl sites for hydroxylation is 1. The first-order valence-electron chi connectivity index (χ1n) is 6.98. The summed E-state index contributed by atoms with van der Waals surface area (Å²) >= 11 is 0. The van der Waals surface area contributed by atoms with Crippen molar-refractivity contribution in [2.24, 2.45) is 0 Å². The summed E-state index contributed by atoms with van der Waals surface area (Å²) in [5.74, 6) is 1.11. The monoisotopic (exact) mass is 243 g/mol. The fourth-order valence-electron chi connectivity index (χ4n) is 2.97. The number of ether oxygens (including phenoxy) is 1. The molecule has 0 saturated heterocycles. The van der Waals surface area contributed by atoms with E-state index in [1.807, 2.05) is 0 Å². The van der Waals surface area contributed by atoms with Gasteiger partial charge in [0.25, 0.3) is 0 Å². The second-order valence-electron chi connectivity index (χ2n) is 5.34. The molecule has 1 unspecified atom stereocenters. The zero-order valence-electron chi connectivity index (χ0n) is 11.0. The van der Waals surface area contributed by atoms with Gasteiger partial charge >= 0.3 is 0 Å². The van der Waals surface area contributed by atoms with Crippen molar-refractivity contribution in [3.05, 3.63) is 41.5 Å². The minimum Gasteiger partial charge on any atom is -0.493 e. The predicted octanol–water partition coefficient (Wildman–Crippen LogP) is 3.52. The Labute approximate surface area is 109 Å². The van der Waals surface area contributed by atoms with Crippen LogP contribution in [0.1, 0.15) is 42.9 Å². The quantitative estimate of drug-likeness (QED) is 0.802. The second-order valence-corrected chi connectivity index (χ2v) is 5.34. The Morgan fingerprint density at radius 2 is 2.06 bits per heavy atom. The van der Waals surface area contributed by atoms with Crippen molar-refractivity contribution >= 4 is 0 Å². The summed E-state index contributed by atoms with van der Waals surface area (Å²) < 4.78 is 5.92. The van der Waals surface area contributed by atoms with E-state index < -0.39 is 0 Å². The highest BCUT2D eigenvalue weighted by Crippen LogP contribution is 2.34. The highest BCUT2D eigenvalue weighted by atomic mass is 16.5. The number of hydrogen-bond acceptors (Lipinski definition) is 2. The molecule has 1 aromatic rings. The lowest BCUT2D eigenvalue weighted by molar-refractivity contribution is 0.312. The standard InChI is InChI=1S/C16H21NO/c1-12-6-4-9-14-15(10-5-11-18-16(12)14)17-13-7-2-3-8-13/h2-4,6,9,13,15,17H,5,7-8,10-11H2,1H3. The molecule has 2 nitrogen and oxygen atoms in total. The van der Waals surface area contributed by atoms with E-state index in [2.05, 4.69) is 42.6 Å². The molecule has 1 aliphatic carbocycles. The van der Waals surface area contributed by atoms with E-state index in [9.17, 15) is 0 Å². The first-order chi connectivity index (χ1) is 8.84. The van der Waals surface area contributed by atoms with Gasteiger partial charge in [-0.15, -0.1) is 0 Å². The molecule has 1 aromatic carbocycles. The molecule has 1 atom stereocenters. The lowest BCUT2D eigenvalue weighted by atomic mass is 9.98. The lowest BCUT2D eigenvalue weighted by Gasteiger charge is -2.23. The number of fused-ring (bicyclic) bond motifs is 1. The maximum absolute atomic E-state index is 5.92. The Balaban J connectivity index is 1.84. The molecule has 0 radical (unpaired) electrons. The average Bonchev–Trinajstić information content (AvgIpc) is 2.79. The zero-order valence-corrected chi connectivity index (χ0v) is 11.0. The van der Waals surface area contributed by atoms with E-state index in [1.165, 1.54) is 30.4 Å². The molecule has 0 saturated carbocycles. The van der Waals surface area contributed by atoms with Crippen molar-refractivity contribution in [3.8, 4) is 5.75 Å². The van der Waals surface area contributed by atoms with Gasteiger partial charge in [0.1, 0.15) is 5.75 Å². The van der Waals surface area contributed by atoms with Crippen LogP contribution < -0.4 is 10.1 Å². The summed E-state index contributed by atoms with van der Waals surface area (Å²) in [5.41, 5.74) is 2.60. The smallest absolute Gasteiger partial charge is 0.126 e. The fourth-order valence-corrected chi connectivity index (χ4v) is 2.97. The van der Waals surface area contributed by atoms with E-state index >= 15 is 0 Å². The molecule has 0 fully saturated rings. The molecule has 0 spiro atoms. The summed E-state index contributed by atoms with van der Waals surface area (Å²) in [6.07, 6.45) is 9.19. The minimum absolute atomic E-state index is 0.451. The second kappa shape index (κ2) is 5.15. The van der Waals surface area contributed by atoms with Gasteiger partial charge in [0.2, 0.25) is 0 Å². The summed E-state index contributed by atoms with van der Waals surface area (Å²) in [6.45, 7) is 2.98. The van der Waals surface area contributed by atoms with Crippen LogP contribution in [0.3, 0.4) is 0 Å². The number of hydrogen-bond donors (Lipinski definition) is 1. The zero-order chi connectivity index (χ0) is 12.4. The molecule has 1 aliphatic heterocycles. The first-order valence-corrected chi connectivity index (χ1v) is 6.98. The molecule has 0 aromatic heterocycles. The fraction of sp³-hybridized carbons (Fsp3) is 0.500. The van der Waals surface area contributed by atoms with Gasteiger partial charge in [-0.2, -0.15) is 0 Å². The molecule has 0 bridgehead atoms. The van der Waals surface area contributed by atoms with Gasteiger partial charge in [-0.1, -0.05) is 30.4 Å². The number of nitrogens with one attached hydrogen (secondary N) is 1. The molecule has 1 N–H and O–H groups in total. The Morgan fingerprint density at radius 1 is 1.22 bits per heavy atom. The topological polar surface area (TPSA) is 21.3 Å². The van der Waals surface area contributed by atoms with Crippen molar-refractivity contribution in [2.75, 3.05) is 6.61 Å². The van der Waals surface area contributed by atoms with Gasteiger partial charge in [0, 0.05) is 17.6 Å². The van der Waals surface area contributed by atoms with E-state index in [0.717, 1.165) is 18.8 Å². The van der Waals surface area contributed by atoms with Gasteiger partial charge < -0.3 is 10.1 Å². The lowest BCUT2D eigenvalue weighted by Crippen LogP contribution is -2.30. The van der Waals surface area contributed by atoms with Crippen LogP contribution in [0.25, 0.3) is 0 Å². The molecule has 2 heteroatoms. The van der Waals surface area contributed by atoms with Crippen LogP contribution in [0.5, 0.6) is 5.75 Å². The maximum Gasteiger partial charge on any atom is 0.126 e. The van der Waals surface area contributed by atoms with Crippen LogP contribution in [0, 0.1) is 6.92 Å². The summed E-state index contributed by atoms with van der Waals surface area (Å²) in [6, 6.07) is 7.56. The number of para-hydroxylation sites is 1. The van der Waals surface area contributed by atoms with Gasteiger partial charge in [-0.05, 0) is 38.2 Å². The van der Waals surface area contributed by atoms with Gasteiger partial charge in [-0.3, -0.25) is 0 Å². The van der Waals surface area contributed by atoms with Crippen LogP contribution in [0.4, 0.5) is 0 Å². The predicted molar refractivity (Wildman–Crippen MR) is 73.9 cm³/mol. The van der Waals surface area contributed by atoms with Crippen LogP contribution in [-0.2, 0) is 0 Å². The van der Waals surface area contributed by atoms with Gasteiger partial charge in [-0.25, -0.2) is 0 Å². The summed E-state index contributed by atoms with van der Waals surface area (Å²) in [4.78, 5) is 0. The Morgan fingerprint density at radius 3 is 2.89 bits per heavy atom. The Bertz CT molecular complexity index is 444. The minimum atomic E-state index is 0.451. The molecular formula is C16H21NO. The third-order valence-electron chi connectivity index (χ3n) is 3.95. The number of rotatable bonds is 2. The summed E-state index contributed by atoms with van der Waals surface area (Å²) in [5, 5.41) is 3.80. The van der Waals surface area contributed by atoms with Crippen molar-refractivity contribution in [1.82, 2.24) is 5.32 Å². The Hall–Kier alpha value is -1.28. The van der Waals surface area contributed by atoms with Gasteiger partial charge in [0.05, 0.1) is 6.61 Å². The van der Waals surface area contributed by atoms with Crippen molar-refractivity contribution < 1.29 is 4.74 Å². The van der Waals surface area contributed by atoms with E-state index in [-0.39, 0.29) is 0 Å². The van der Waals surface area contributed by atoms with Crippen LogP contribution >= 0.6 is 0 Å². The highest BCUT2D eigenvalue weighted by Gasteiger charge is 2.23. The van der Waals surface area contributed by atoms with Crippen molar-refractivity contribution in [2.45, 2.75) is 44.7 Å². The molecule has 0 amide bonds. The number of benzene rings is 1. The van der Waals surface area contributed by atoms with Crippen molar-refractivity contribution in [3.63, 3.8) is 0 Å². The van der Waals surface area contributed by atoms with E-state index in [4.69, 9.17) is 4.74 Å². The Kier molecular flexibility index (Phi) is 3.37. The SMILES string of the molecule is Cc1cccc2c1OCCCC2NC1CC=CC1. The average molecular weight is 243 g/mol. The first kappa shape index (κ1) is 11.8. The molecule has 2 aliphatic rings. The third-order valence-corrected chi connectivity index (χ3v) is 3.95. The molecule has 3 rings (SSSR count). The summed E-state index contributed by atoms with van der Waals surface area (Å²) in [7, 11) is 0. The van der Waals surface area contributed by atoms with Crippen molar-refractivity contribution in [1.29, 1.82) is 0 Å². The van der Waals surface area contributed by atoms with E-state index in [0.29, 0.717) is 12.1 Å².